The molecule has 0 heterocycles. The van der Waals surface area contributed by atoms with Gasteiger partial charge in [0.25, 0.3) is 0 Å². The van der Waals surface area contributed by atoms with E-state index in [0.29, 0.717) is 23.7 Å². The Morgan fingerprint density at radius 2 is 2.11 bits per heavy atom. The maximum absolute atomic E-state index is 13.6. The Hall–Kier alpha value is -0.650. The largest absolute Gasteiger partial charge is 0.484 e. The summed E-state index contributed by atoms with van der Waals surface area (Å²) in [5, 5.41) is 3.24. The van der Waals surface area contributed by atoms with Gasteiger partial charge in [-0.05, 0) is 18.2 Å². The van der Waals surface area contributed by atoms with E-state index >= 15 is 0 Å². The fourth-order valence-electron chi connectivity index (χ4n) is 1.44. The number of hydrogen-bond acceptors (Lipinski definition) is 3. The number of nitrogens with one attached hydrogen (secondary N) is 1. The molecular weight excluding hydrogens is 301 g/mol. The lowest BCUT2D eigenvalue weighted by Crippen LogP contribution is -2.38. The van der Waals surface area contributed by atoms with Crippen LogP contribution < -0.4 is 10.1 Å². The average Bonchev–Trinajstić information content (AvgIpc) is 2.29. The zero-order chi connectivity index (χ0) is 13.5. The molecule has 18 heavy (non-hydrogen) atoms. The van der Waals surface area contributed by atoms with Gasteiger partial charge in [-0.2, -0.15) is 0 Å². The Morgan fingerprint density at radius 3 is 2.67 bits per heavy atom. The van der Waals surface area contributed by atoms with E-state index in [9.17, 15) is 4.39 Å². The van der Waals surface area contributed by atoms with E-state index < -0.39 is 0 Å². The lowest BCUT2D eigenvalue weighted by Gasteiger charge is -2.20. The Balaban J connectivity index is 2.64. The quantitative estimate of drug-likeness (QED) is 0.838. The van der Waals surface area contributed by atoms with Crippen LogP contribution in [0.25, 0.3) is 0 Å². The van der Waals surface area contributed by atoms with Crippen molar-refractivity contribution in [2.45, 2.75) is 26.0 Å². The lowest BCUT2D eigenvalue weighted by molar-refractivity contribution is 0.0767. The number of ether oxygens (including phenoxy) is 2. The first kappa shape index (κ1) is 15.4. The molecule has 3 nitrogen and oxygen atoms in total. The number of methoxy groups -OCH3 is 1. The topological polar surface area (TPSA) is 30.5 Å². The molecule has 0 saturated carbocycles. The maximum Gasteiger partial charge on any atom is 0.166 e. The van der Waals surface area contributed by atoms with Gasteiger partial charge < -0.3 is 14.8 Å². The minimum absolute atomic E-state index is 0.215. The van der Waals surface area contributed by atoms with Gasteiger partial charge in [-0.3, -0.25) is 0 Å². The van der Waals surface area contributed by atoms with Crippen molar-refractivity contribution in [3.8, 4) is 5.75 Å². The van der Waals surface area contributed by atoms with Crippen molar-refractivity contribution in [2.24, 2.45) is 0 Å². The molecule has 1 N–H and O–H groups in total. The third-order valence-electron chi connectivity index (χ3n) is 2.29. The van der Waals surface area contributed by atoms with Crippen LogP contribution in [0.15, 0.2) is 22.7 Å². The van der Waals surface area contributed by atoms with Crippen LogP contribution in [0.4, 0.5) is 4.39 Å². The highest BCUT2D eigenvalue weighted by atomic mass is 79.9. The van der Waals surface area contributed by atoms with Gasteiger partial charge in [0.05, 0.1) is 6.61 Å². The summed E-state index contributed by atoms with van der Waals surface area (Å²) >= 11 is 3.21. The van der Waals surface area contributed by atoms with E-state index in [1.165, 1.54) is 6.07 Å². The van der Waals surface area contributed by atoms with Crippen LogP contribution in [0.1, 0.15) is 13.8 Å². The average molecular weight is 320 g/mol. The molecule has 0 spiro atoms. The molecule has 0 aliphatic rings. The van der Waals surface area contributed by atoms with Crippen molar-refractivity contribution < 1.29 is 13.9 Å². The molecule has 5 heteroatoms. The highest BCUT2D eigenvalue weighted by Gasteiger charge is 2.13. The van der Waals surface area contributed by atoms with E-state index in [1.807, 2.05) is 13.8 Å². The van der Waals surface area contributed by atoms with E-state index in [0.717, 1.165) is 0 Å². The lowest BCUT2D eigenvalue weighted by atomic mass is 10.3. The molecule has 0 bridgehead atoms. The molecular formula is C13H19BrFNO2. The molecule has 1 aromatic rings. The molecule has 0 saturated heterocycles. The molecule has 1 atom stereocenters. The van der Waals surface area contributed by atoms with Gasteiger partial charge in [-0.1, -0.05) is 29.8 Å². The second kappa shape index (κ2) is 7.71. The molecule has 1 rings (SSSR count). The number of halogens is 2. The SMILES string of the molecule is COCC(CNC(C)C)Oc1ccc(Br)cc1F. The van der Waals surface area contributed by atoms with E-state index in [4.69, 9.17) is 9.47 Å². The summed E-state index contributed by atoms with van der Waals surface area (Å²) in [6.07, 6.45) is -0.215. The van der Waals surface area contributed by atoms with Crippen LogP contribution in [0.2, 0.25) is 0 Å². The molecule has 0 aliphatic carbocycles. The first-order chi connectivity index (χ1) is 8.52. The third-order valence-corrected chi connectivity index (χ3v) is 2.79. The summed E-state index contributed by atoms with van der Waals surface area (Å²) in [7, 11) is 1.60. The van der Waals surface area contributed by atoms with E-state index in [1.54, 1.807) is 19.2 Å². The van der Waals surface area contributed by atoms with Crippen LogP contribution in [0.3, 0.4) is 0 Å². The zero-order valence-corrected chi connectivity index (χ0v) is 12.5. The molecule has 0 fully saturated rings. The summed E-state index contributed by atoms with van der Waals surface area (Å²) in [5.74, 6) is -0.138. The highest BCUT2D eigenvalue weighted by molar-refractivity contribution is 9.10. The minimum atomic E-state index is -0.380. The van der Waals surface area contributed by atoms with Gasteiger partial charge in [0.15, 0.2) is 11.6 Å². The van der Waals surface area contributed by atoms with E-state index in [-0.39, 0.29) is 17.7 Å². The van der Waals surface area contributed by atoms with Crippen molar-refractivity contribution in [3.63, 3.8) is 0 Å². The number of hydrogen-bond donors (Lipinski definition) is 1. The third kappa shape index (κ3) is 5.33. The van der Waals surface area contributed by atoms with Crippen molar-refractivity contribution in [3.05, 3.63) is 28.5 Å². The molecule has 102 valence electrons. The second-order valence-corrected chi connectivity index (χ2v) is 5.25. The monoisotopic (exact) mass is 319 g/mol. The van der Waals surface area contributed by atoms with Gasteiger partial charge in [-0.25, -0.2) is 4.39 Å². The molecule has 0 amide bonds. The Morgan fingerprint density at radius 1 is 1.39 bits per heavy atom. The van der Waals surface area contributed by atoms with Gasteiger partial charge in [0.2, 0.25) is 0 Å². The van der Waals surface area contributed by atoms with Crippen molar-refractivity contribution >= 4 is 15.9 Å². The predicted molar refractivity (Wildman–Crippen MR) is 73.5 cm³/mol. The zero-order valence-electron chi connectivity index (χ0n) is 10.9. The summed E-state index contributed by atoms with van der Waals surface area (Å²) < 4.78 is 25.0. The first-order valence-electron chi connectivity index (χ1n) is 5.87. The summed E-state index contributed by atoms with van der Waals surface area (Å²) in [6.45, 7) is 5.12. The standard InChI is InChI=1S/C13H19BrFNO2/c1-9(2)16-7-11(8-17-3)18-13-5-4-10(14)6-12(13)15/h4-6,9,11,16H,7-8H2,1-3H3. The summed E-state index contributed by atoms with van der Waals surface area (Å²) in [5.41, 5.74) is 0. The summed E-state index contributed by atoms with van der Waals surface area (Å²) in [6, 6.07) is 5.09. The van der Waals surface area contributed by atoms with Gasteiger partial charge >= 0.3 is 0 Å². The number of benzene rings is 1. The van der Waals surface area contributed by atoms with Crippen LogP contribution in [-0.2, 0) is 4.74 Å². The predicted octanol–water partition coefficient (Wildman–Crippen LogP) is 2.98. The first-order valence-corrected chi connectivity index (χ1v) is 6.66. The fraction of sp³-hybridized carbons (Fsp3) is 0.538. The second-order valence-electron chi connectivity index (χ2n) is 4.33. The Kier molecular flexibility index (Phi) is 6.60. The van der Waals surface area contributed by atoms with Crippen LogP contribution in [0.5, 0.6) is 5.75 Å². The van der Waals surface area contributed by atoms with Gasteiger partial charge in [-0.15, -0.1) is 0 Å². The fourth-order valence-corrected chi connectivity index (χ4v) is 1.77. The van der Waals surface area contributed by atoms with Crippen molar-refractivity contribution in [1.82, 2.24) is 5.32 Å². The Labute approximate surface area is 116 Å². The van der Waals surface area contributed by atoms with Gasteiger partial charge in [0, 0.05) is 24.2 Å². The van der Waals surface area contributed by atoms with Crippen molar-refractivity contribution in [1.29, 1.82) is 0 Å². The van der Waals surface area contributed by atoms with Crippen LogP contribution in [0, 0.1) is 5.82 Å². The molecule has 0 aromatic heterocycles. The van der Waals surface area contributed by atoms with Gasteiger partial charge in [0.1, 0.15) is 6.10 Å². The molecule has 1 unspecified atom stereocenters. The van der Waals surface area contributed by atoms with Crippen LogP contribution in [-0.4, -0.2) is 32.4 Å². The number of rotatable bonds is 7. The summed E-state index contributed by atoms with van der Waals surface area (Å²) in [4.78, 5) is 0. The minimum Gasteiger partial charge on any atom is -0.484 e. The van der Waals surface area contributed by atoms with E-state index in [2.05, 4.69) is 21.2 Å². The normalized spacial score (nSPS) is 12.8. The van der Waals surface area contributed by atoms with Crippen molar-refractivity contribution in [2.75, 3.05) is 20.3 Å². The van der Waals surface area contributed by atoms with Crippen LogP contribution >= 0.6 is 15.9 Å². The maximum atomic E-state index is 13.6. The molecule has 0 aliphatic heterocycles. The smallest absolute Gasteiger partial charge is 0.166 e. The highest BCUT2D eigenvalue weighted by Crippen LogP contribution is 2.22. The molecule has 0 radical (unpaired) electrons. The molecule has 1 aromatic carbocycles. The Bertz CT molecular complexity index is 374.